The largest absolute Gasteiger partial charge is 0.586 e. The number of fused-ring (bicyclic) bond motifs is 1. The van der Waals surface area contributed by atoms with E-state index in [0.29, 0.717) is 0 Å². The number of carbonyl (C=O) groups is 1. The molecule has 0 fully saturated rings. The van der Waals surface area contributed by atoms with Gasteiger partial charge in [-0.2, -0.15) is 0 Å². The van der Waals surface area contributed by atoms with Gasteiger partial charge in [0.05, 0.1) is 12.1 Å². The first-order valence-corrected chi connectivity index (χ1v) is 6.54. The highest BCUT2D eigenvalue weighted by molar-refractivity contribution is 6.33. The summed E-state index contributed by atoms with van der Waals surface area (Å²) in [5.41, 5.74) is -0.860. The predicted octanol–water partition coefficient (Wildman–Crippen LogP) is 3.65. The summed E-state index contributed by atoms with van der Waals surface area (Å²) in [5.74, 6) is -2.48. The van der Waals surface area contributed by atoms with Gasteiger partial charge >= 0.3 is 12.3 Å². The summed E-state index contributed by atoms with van der Waals surface area (Å²) in [7, 11) is 1.10. The maximum absolute atomic E-state index is 14.2. The number of hydrogen-bond donors (Lipinski definition) is 0. The molecule has 0 saturated carbocycles. The first kappa shape index (κ1) is 15.4. The van der Waals surface area contributed by atoms with Crippen LogP contribution in [0.1, 0.15) is 10.5 Å². The van der Waals surface area contributed by atoms with Gasteiger partial charge in [0.1, 0.15) is 5.69 Å². The number of ether oxygens (including phenoxy) is 3. The van der Waals surface area contributed by atoms with Gasteiger partial charge in [-0.25, -0.2) is 14.2 Å². The van der Waals surface area contributed by atoms with Crippen LogP contribution in [-0.2, 0) is 4.74 Å². The molecule has 3 rings (SSSR count). The molecule has 2 heterocycles. The Kier molecular flexibility index (Phi) is 3.56. The third-order valence-electron chi connectivity index (χ3n) is 2.99. The second-order valence-corrected chi connectivity index (χ2v) is 4.85. The summed E-state index contributed by atoms with van der Waals surface area (Å²) in [6, 6.07) is 4.72. The maximum atomic E-state index is 14.2. The Balaban J connectivity index is 2.18. The molecule has 9 heteroatoms. The Morgan fingerprint density at radius 3 is 2.78 bits per heavy atom. The van der Waals surface area contributed by atoms with E-state index in [4.69, 9.17) is 11.6 Å². The number of carbonyl (C=O) groups excluding carboxylic acids is 1. The minimum atomic E-state index is -3.87. The summed E-state index contributed by atoms with van der Waals surface area (Å²) in [4.78, 5) is 15.4. The SMILES string of the molecule is COC(=O)c1nc(-c2cccc3c2OC(F)(F)O3)c(F)cc1Cl. The van der Waals surface area contributed by atoms with Crippen molar-refractivity contribution in [3.05, 3.63) is 40.8 Å². The number of rotatable bonds is 2. The lowest BCUT2D eigenvalue weighted by atomic mass is 10.1. The first-order valence-electron chi connectivity index (χ1n) is 6.16. The van der Waals surface area contributed by atoms with Crippen molar-refractivity contribution in [2.75, 3.05) is 7.11 Å². The molecule has 0 unspecified atom stereocenters. The van der Waals surface area contributed by atoms with Crippen molar-refractivity contribution in [2.45, 2.75) is 6.29 Å². The highest BCUT2D eigenvalue weighted by Gasteiger charge is 2.45. The van der Waals surface area contributed by atoms with Crippen molar-refractivity contribution in [3.63, 3.8) is 0 Å². The lowest BCUT2D eigenvalue weighted by Crippen LogP contribution is -2.26. The van der Waals surface area contributed by atoms with Gasteiger partial charge in [0.2, 0.25) is 0 Å². The average Bonchev–Trinajstić information content (AvgIpc) is 2.80. The summed E-state index contributed by atoms with van der Waals surface area (Å²) in [6.45, 7) is 0. The molecule has 0 saturated heterocycles. The molecule has 1 aliphatic heterocycles. The number of nitrogens with zero attached hydrogens (tertiary/aromatic N) is 1. The van der Waals surface area contributed by atoms with Gasteiger partial charge in [-0.3, -0.25) is 0 Å². The fourth-order valence-corrected chi connectivity index (χ4v) is 2.27. The second kappa shape index (κ2) is 5.31. The minimum absolute atomic E-state index is 0.112. The van der Waals surface area contributed by atoms with E-state index in [1.165, 1.54) is 18.2 Å². The Bertz CT molecular complexity index is 813. The maximum Gasteiger partial charge on any atom is 0.586 e. The van der Waals surface area contributed by atoms with Crippen molar-refractivity contribution in [2.24, 2.45) is 0 Å². The van der Waals surface area contributed by atoms with E-state index in [9.17, 15) is 18.0 Å². The predicted molar refractivity (Wildman–Crippen MR) is 72.2 cm³/mol. The van der Waals surface area contributed by atoms with Crippen molar-refractivity contribution in [1.82, 2.24) is 4.98 Å². The Labute approximate surface area is 132 Å². The van der Waals surface area contributed by atoms with E-state index in [1.807, 2.05) is 0 Å². The van der Waals surface area contributed by atoms with Crippen LogP contribution in [0.5, 0.6) is 11.5 Å². The molecule has 120 valence electrons. The number of para-hydroxylation sites is 1. The molecule has 0 bridgehead atoms. The summed E-state index contributed by atoms with van der Waals surface area (Å²) in [5, 5.41) is -0.270. The molecule has 2 aromatic rings. The van der Waals surface area contributed by atoms with Crippen LogP contribution in [0.2, 0.25) is 5.02 Å². The number of aromatic nitrogens is 1. The molecule has 5 nitrogen and oxygen atoms in total. The fraction of sp³-hybridized carbons (Fsp3) is 0.143. The zero-order chi connectivity index (χ0) is 16.8. The summed E-state index contributed by atoms with van der Waals surface area (Å²) < 4.78 is 53.7. The quantitative estimate of drug-likeness (QED) is 0.778. The zero-order valence-electron chi connectivity index (χ0n) is 11.4. The van der Waals surface area contributed by atoms with E-state index >= 15 is 0 Å². The van der Waals surface area contributed by atoms with Crippen LogP contribution in [0.4, 0.5) is 13.2 Å². The molecular weight excluding hydrogens is 339 g/mol. The monoisotopic (exact) mass is 345 g/mol. The Morgan fingerprint density at radius 2 is 2.09 bits per heavy atom. The van der Waals surface area contributed by atoms with Crippen LogP contribution < -0.4 is 9.47 Å². The number of benzene rings is 1. The molecule has 1 aliphatic rings. The average molecular weight is 346 g/mol. The van der Waals surface area contributed by atoms with Crippen molar-refractivity contribution < 1.29 is 32.2 Å². The lowest BCUT2D eigenvalue weighted by molar-refractivity contribution is -0.286. The Hall–Kier alpha value is -2.48. The lowest BCUT2D eigenvalue weighted by Gasteiger charge is -2.09. The van der Waals surface area contributed by atoms with Crippen LogP contribution in [0.25, 0.3) is 11.3 Å². The fourth-order valence-electron chi connectivity index (χ4n) is 2.05. The van der Waals surface area contributed by atoms with E-state index in [2.05, 4.69) is 19.2 Å². The standard InChI is InChI=1S/C14H7ClF3NO4/c1-21-13(20)11-7(15)5-8(16)10(19-11)6-3-2-4-9-12(6)23-14(17,18)22-9/h2-5H,1H3. The van der Waals surface area contributed by atoms with Gasteiger partial charge < -0.3 is 14.2 Å². The van der Waals surface area contributed by atoms with Crippen LogP contribution in [0, 0.1) is 5.82 Å². The number of halogens is 4. The van der Waals surface area contributed by atoms with E-state index in [-0.39, 0.29) is 27.8 Å². The van der Waals surface area contributed by atoms with Crippen molar-refractivity contribution in [1.29, 1.82) is 0 Å². The third-order valence-corrected chi connectivity index (χ3v) is 3.28. The summed E-state index contributed by atoms with van der Waals surface area (Å²) in [6.07, 6.45) is -3.87. The molecule has 0 amide bonds. The van der Waals surface area contributed by atoms with E-state index in [0.717, 1.165) is 13.2 Å². The smallest absolute Gasteiger partial charge is 0.464 e. The Morgan fingerprint density at radius 1 is 1.35 bits per heavy atom. The molecule has 0 atom stereocenters. The van der Waals surface area contributed by atoms with E-state index < -0.39 is 23.8 Å². The van der Waals surface area contributed by atoms with Gasteiger partial charge in [0, 0.05) is 5.56 Å². The topological polar surface area (TPSA) is 57.7 Å². The van der Waals surface area contributed by atoms with Gasteiger partial charge in [-0.05, 0) is 18.2 Å². The molecule has 0 spiro atoms. The number of pyridine rings is 1. The first-order chi connectivity index (χ1) is 10.8. The van der Waals surface area contributed by atoms with Crippen LogP contribution in [0.3, 0.4) is 0 Å². The van der Waals surface area contributed by atoms with Gasteiger partial charge in [0.15, 0.2) is 23.0 Å². The molecular formula is C14H7ClF3NO4. The zero-order valence-corrected chi connectivity index (χ0v) is 12.2. The number of hydrogen-bond acceptors (Lipinski definition) is 5. The third kappa shape index (κ3) is 2.65. The molecule has 23 heavy (non-hydrogen) atoms. The molecule has 1 aromatic heterocycles. The van der Waals surface area contributed by atoms with Crippen LogP contribution >= 0.6 is 11.6 Å². The molecule has 0 N–H and O–H groups in total. The van der Waals surface area contributed by atoms with Gasteiger partial charge in [0.25, 0.3) is 0 Å². The second-order valence-electron chi connectivity index (χ2n) is 4.44. The van der Waals surface area contributed by atoms with Crippen LogP contribution in [0.15, 0.2) is 24.3 Å². The van der Waals surface area contributed by atoms with E-state index in [1.54, 1.807) is 0 Å². The normalized spacial score (nSPS) is 14.7. The molecule has 0 aliphatic carbocycles. The van der Waals surface area contributed by atoms with Gasteiger partial charge in [-0.1, -0.05) is 17.7 Å². The highest BCUT2D eigenvalue weighted by atomic mass is 35.5. The summed E-state index contributed by atoms with van der Waals surface area (Å²) >= 11 is 5.75. The minimum Gasteiger partial charge on any atom is -0.464 e. The number of esters is 1. The van der Waals surface area contributed by atoms with Crippen molar-refractivity contribution in [3.8, 4) is 22.8 Å². The van der Waals surface area contributed by atoms with Crippen LogP contribution in [-0.4, -0.2) is 24.4 Å². The van der Waals surface area contributed by atoms with Gasteiger partial charge in [-0.15, -0.1) is 8.78 Å². The highest BCUT2D eigenvalue weighted by Crippen LogP contribution is 2.47. The number of methoxy groups -OCH3 is 1. The molecule has 1 aromatic carbocycles. The number of alkyl halides is 2. The van der Waals surface area contributed by atoms with Crippen molar-refractivity contribution >= 4 is 17.6 Å². The molecule has 0 radical (unpaired) electrons.